The van der Waals surface area contributed by atoms with Gasteiger partial charge in [-0.3, -0.25) is 4.79 Å². The maximum Gasteiger partial charge on any atom is 0.339 e. The zero-order valence-corrected chi connectivity index (χ0v) is 15.7. The van der Waals surface area contributed by atoms with Crippen LogP contribution in [0.1, 0.15) is 22.3 Å². The molecular weight excluding hydrogens is 348 g/mol. The Kier molecular flexibility index (Phi) is 7.63. The van der Waals surface area contributed by atoms with Crippen LogP contribution in [0.5, 0.6) is 11.5 Å². The first-order valence-electron chi connectivity index (χ1n) is 8.47. The highest BCUT2D eigenvalue weighted by molar-refractivity contribution is 6.01. The fourth-order valence-corrected chi connectivity index (χ4v) is 2.52. The van der Waals surface area contributed by atoms with Crippen molar-refractivity contribution in [2.24, 2.45) is 0 Å². The summed E-state index contributed by atoms with van der Waals surface area (Å²) in [6.07, 6.45) is 0.267. The van der Waals surface area contributed by atoms with Gasteiger partial charge in [0, 0.05) is 19.5 Å². The number of carbonyl (C=O) groups excluding carboxylic acids is 2. The topological polar surface area (TPSA) is 85.9 Å². The van der Waals surface area contributed by atoms with Gasteiger partial charge in [-0.15, -0.1) is 0 Å². The number of rotatable bonds is 9. The Hall–Kier alpha value is -3.06. The van der Waals surface area contributed by atoms with Crippen LogP contribution < -0.4 is 20.1 Å². The average Bonchev–Trinajstić information content (AvgIpc) is 2.70. The van der Waals surface area contributed by atoms with Crippen LogP contribution in [0.25, 0.3) is 0 Å². The Balaban J connectivity index is 1.83. The highest BCUT2D eigenvalue weighted by Gasteiger charge is 2.13. The third-order valence-corrected chi connectivity index (χ3v) is 3.91. The highest BCUT2D eigenvalue weighted by atomic mass is 16.5. The van der Waals surface area contributed by atoms with Crippen molar-refractivity contribution in [3.63, 3.8) is 0 Å². The van der Waals surface area contributed by atoms with Crippen molar-refractivity contribution in [3.8, 4) is 11.5 Å². The summed E-state index contributed by atoms with van der Waals surface area (Å²) in [5.41, 5.74) is 1.78. The van der Waals surface area contributed by atoms with E-state index < -0.39 is 5.97 Å². The van der Waals surface area contributed by atoms with E-state index in [1.165, 1.54) is 7.11 Å². The molecule has 0 aliphatic heterocycles. The number of nitrogens with one attached hydrogen (secondary N) is 2. The Labute approximate surface area is 158 Å². The van der Waals surface area contributed by atoms with Crippen molar-refractivity contribution in [2.45, 2.75) is 13.0 Å². The fourth-order valence-electron chi connectivity index (χ4n) is 2.52. The molecule has 2 aromatic rings. The van der Waals surface area contributed by atoms with E-state index in [1.807, 2.05) is 18.2 Å². The second-order valence-corrected chi connectivity index (χ2v) is 5.70. The number of hydrogen-bond donors (Lipinski definition) is 2. The van der Waals surface area contributed by atoms with Gasteiger partial charge in [0.15, 0.2) is 11.5 Å². The first kappa shape index (κ1) is 20.3. The van der Waals surface area contributed by atoms with Gasteiger partial charge in [-0.05, 0) is 29.8 Å². The zero-order chi connectivity index (χ0) is 19.6. The van der Waals surface area contributed by atoms with E-state index >= 15 is 0 Å². The molecule has 27 heavy (non-hydrogen) atoms. The highest BCUT2D eigenvalue weighted by Crippen LogP contribution is 2.27. The van der Waals surface area contributed by atoms with Gasteiger partial charge >= 0.3 is 5.97 Å². The zero-order valence-electron chi connectivity index (χ0n) is 15.7. The molecule has 1 amide bonds. The predicted octanol–water partition coefficient (Wildman–Crippen LogP) is 2.61. The van der Waals surface area contributed by atoms with Crippen molar-refractivity contribution in [3.05, 3.63) is 53.6 Å². The third kappa shape index (κ3) is 5.72. The third-order valence-electron chi connectivity index (χ3n) is 3.91. The van der Waals surface area contributed by atoms with Gasteiger partial charge in [0.1, 0.15) is 0 Å². The number of ether oxygens (including phenoxy) is 3. The van der Waals surface area contributed by atoms with Gasteiger partial charge in [0.25, 0.3) is 0 Å². The van der Waals surface area contributed by atoms with Crippen LogP contribution in [0.2, 0.25) is 0 Å². The molecule has 0 aliphatic carbocycles. The van der Waals surface area contributed by atoms with Gasteiger partial charge in [0.2, 0.25) is 5.91 Å². The second-order valence-electron chi connectivity index (χ2n) is 5.70. The van der Waals surface area contributed by atoms with Gasteiger partial charge in [-0.2, -0.15) is 0 Å². The summed E-state index contributed by atoms with van der Waals surface area (Å²) in [5, 5.41) is 5.95. The van der Waals surface area contributed by atoms with Crippen molar-refractivity contribution in [2.75, 3.05) is 33.2 Å². The number of para-hydroxylation sites is 1. The number of carbonyl (C=O) groups is 2. The van der Waals surface area contributed by atoms with Gasteiger partial charge in [-0.1, -0.05) is 18.2 Å². The van der Waals surface area contributed by atoms with E-state index in [1.54, 1.807) is 38.5 Å². The monoisotopic (exact) mass is 372 g/mol. The first-order valence-corrected chi connectivity index (χ1v) is 8.47. The molecule has 2 N–H and O–H groups in total. The molecule has 0 fully saturated rings. The van der Waals surface area contributed by atoms with Crippen molar-refractivity contribution >= 4 is 17.6 Å². The minimum atomic E-state index is -0.488. The van der Waals surface area contributed by atoms with Crippen LogP contribution >= 0.6 is 0 Å². The molecule has 0 spiro atoms. The van der Waals surface area contributed by atoms with Crippen molar-refractivity contribution in [1.82, 2.24) is 5.32 Å². The molecule has 0 heterocycles. The molecule has 2 aromatic carbocycles. The standard InChI is InChI=1S/C20H24N2O5/c1-25-17-9-8-14(12-18(17)26-2)13-21-11-10-19(23)22-16-7-5-4-6-15(16)20(24)27-3/h4-9,12,21H,10-11,13H2,1-3H3,(H,22,23). The maximum atomic E-state index is 12.1. The molecule has 0 aliphatic rings. The van der Waals surface area contributed by atoms with E-state index in [9.17, 15) is 9.59 Å². The number of anilines is 1. The molecular formula is C20H24N2O5. The normalized spacial score (nSPS) is 10.2. The van der Waals surface area contributed by atoms with Gasteiger partial charge in [-0.25, -0.2) is 4.79 Å². The lowest BCUT2D eigenvalue weighted by atomic mass is 10.1. The molecule has 7 heteroatoms. The molecule has 0 atom stereocenters. The largest absolute Gasteiger partial charge is 0.493 e. The fraction of sp³-hybridized carbons (Fsp3) is 0.300. The molecule has 7 nitrogen and oxygen atoms in total. The number of benzene rings is 2. The van der Waals surface area contributed by atoms with Gasteiger partial charge < -0.3 is 24.8 Å². The first-order chi connectivity index (χ1) is 13.1. The molecule has 0 unspecified atom stereocenters. The molecule has 0 saturated carbocycles. The second kappa shape index (κ2) is 10.2. The summed E-state index contributed by atoms with van der Waals surface area (Å²) in [4.78, 5) is 23.9. The Bertz CT molecular complexity index is 792. The number of esters is 1. The number of hydrogen-bond acceptors (Lipinski definition) is 6. The lowest BCUT2D eigenvalue weighted by molar-refractivity contribution is -0.116. The maximum absolute atomic E-state index is 12.1. The predicted molar refractivity (Wildman–Crippen MR) is 102 cm³/mol. The van der Waals surface area contributed by atoms with E-state index in [4.69, 9.17) is 14.2 Å². The quantitative estimate of drug-likeness (QED) is 0.520. The molecule has 2 rings (SSSR count). The van der Waals surface area contributed by atoms with Gasteiger partial charge in [0.05, 0.1) is 32.6 Å². The Morgan fingerprint density at radius 2 is 1.70 bits per heavy atom. The molecule has 0 bridgehead atoms. The van der Waals surface area contributed by atoms with E-state index in [0.29, 0.717) is 35.8 Å². The van der Waals surface area contributed by atoms with Crippen LogP contribution in [-0.4, -0.2) is 39.8 Å². The number of methoxy groups -OCH3 is 3. The van der Waals surface area contributed by atoms with Crippen molar-refractivity contribution in [1.29, 1.82) is 0 Å². The summed E-state index contributed by atoms with van der Waals surface area (Å²) in [7, 11) is 4.48. The molecule has 0 radical (unpaired) electrons. The Morgan fingerprint density at radius 1 is 0.963 bits per heavy atom. The van der Waals surface area contributed by atoms with Crippen LogP contribution in [0.4, 0.5) is 5.69 Å². The molecule has 0 saturated heterocycles. The lowest BCUT2D eigenvalue weighted by Crippen LogP contribution is -2.22. The van der Waals surface area contributed by atoms with Crippen molar-refractivity contribution < 1.29 is 23.8 Å². The average molecular weight is 372 g/mol. The smallest absolute Gasteiger partial charge is 0.339 e. The summed E-state index contributed by atoms with van der Waals surface area (Å²) in [6, 6.07) is 12.4. The summed E-state index contributed by atoms with van der Waals surface area (Å²) >= 11 is 0. The van der Waals surface area contributed by atoms with Crippen LogP contribution in [0, 0.1) is 0 Å². The van der Waals surface area contributed by atoms with Crippen LogP contribution in [0.3, 0.4) is 0 Å². The summed E-state index contributed by atoms with van der Waals surface area (Å²) in [5.74, 6) is 0.655. The number of amides is 1. The Morgan fingerprint density at radius 3 is 2.41 bits per heavy atom. The summed E-state index contributed by atoms with van der Waals surface area (Å²) < 4.78 is 15.2. The molecule has 0 aromatic heterocycles. The minimum absolute atomic E-state index is 0.189. The SMILES string of the molecule is COC(=O)c1ccccc1NC(=O)CCNCc1ccc(OC)c(OC)c1. The lowest BCUT2D eigenvalue weighted by Gasteiger charge is -2.11. The van der Waals surface area contributed by atoms with E-state index in [-0.39, 0.29) is 12.3 Å². The van der Waals surface area contributed by atoms with E-state index in [2.05, 4.69) is 10.6 Å². The minimum Gasteiger partial charge on any atom is -0.493 e. The van der Waals surface area contributed by atoms with Crippen LogP contribution in [-0.2, 0) is 16.1 Å². The van der Waals surface area contributed by atoms with Crippen LogP contribution in [0.15, 0.2) is 42.5 Å². The van der Waals surface area contributed by atoms with E-state index in [0.717, 1.165) is 5.56 Å². The molecule has 144 valence electrons. The summed E-state index contributed by atoms with van der Waals surface area (Å²) in [6.45, 7) is 1.08.